The van der Waals surface area contributed by atoms with E-state index in [-0.39, 0.29) is 5.54 Å². The van der Waals surface area contributed by atoms with E-state index in [2.05, 4.69) is 63.6 Å². The van der Waals surface area contributed by atoms with E-state index in [9.17, 15) is 0 Å². The summed E-state index contributed by atoms with van der Waals surface area (Å²) in [4.78, 5) is 11.3. The predicted octanol–water partition coefficient (Wildman–Crippen LogP) is 3.21. The first-order chi connectivity index (χ1) is 12.6. The molecule has 0 radical (unpaired) electrons. The van der Waals surface area contributed by atoms with Crippen LogP contribution < -0.4 is 5.32 Å². The summed E-state index contributed by atoms with van der Waals surface area (Å²) in [6, 6.07) is 12.4. The molecule has 0 bridgehead atoms. The minimum absolute atomic E-state index is 0.238. The van der Waals surface area contributed by atoms with Gasteiger partial charge in [0.25, 0.3) is 0 Å². The lowest BCUT2D eigenvalue weighted by atomic mass is 9.86. The van der Waals surface area contributed by atoms with Crippen molar-refractivity contribution < 1.29 is 0 Å². The van der Waals surface area contributed by atoms with Gasteiger partial charge in [-0.25, -0.2) is 4.98 Å². The number of aromatic amines is 1. The lowest BCUT2D eigenvalue weighted by Gasteiger charge is -2.40. The first-order valence-corrected chi connectivity index (χ1v) is 9.01. The van der Waals surface area contributed by atoms with Gasteiger partial charge in [-0.3, -0.25) is 10.1 Å². The van der Waals surface area contributed by atoms with Crippen molar-refractivity contribution in [2.45, 2.75) is 25.3 Å². The molecule has 0 atom stereocenters. The van der Waals surface area contributed by atoms with Crippen LogP contribution in [-0.2, 0) is 5.54 Å². The standard InChI is InChI=1S/C20H24N6/c1-15-4-3-5-17(14-15)23-20(8-12-26(2)13-9-20)19-22-18(24-25-19)16-6-10-21-11-7-16/h3-7,10-11,14,23H,8-9,12-13H2,1-2H3,(H,22,24,25). The summed E-state index contributed by atoms with van der Waals surface area (Å²) < 4.78 is 0. The molecule has 1 aromatic carbocycles. The Labute approximate surface area is 153 Å². The molecular weight excluding hydrogens is 324 g/mol. The third-order valence-corrected chi connectivity index (χ3v) is 5.12. The van der Waals surface area contributed by atoms with Gasteiger partial charge in [0, 0.05) is 36.7 Å². The van der Waals surface area contributed by atoms with Gasteiger partial charge in [-0.1, -0.05) is 12.1 Å². The molecule has 0 saturated carbocycles. The Morgan fingerprint density at radius 2 is 1.88 bits per heavy atom. The number of rotatable bonds is 4. The van der Waals surface area contributed by atoms with E-state index in [0.717, 1.165) is 43.0 Å². The van der Waals surface area contributed by atoms with Gasteiger partial charge < -0.3 is 10.2 Å². The molecule has 3 heterocycles. The monoisotopic (exact) mass is 348 g/mol. The third kappa shape index (κ3) is 3.32. The number of H-pyrrole nitrogens is 1. The van der Waals surface area contributed by atoms with Crippen molar-refractivity contribution in [1.82, 2.24) is 25.1 Å². The highest BCUT2D eigenvalue weighted by molar-refractivity contribution is 5.54. The summed E-state index contributed by atoms with van der Waals surface area (Å²) in [7, 11) is 2.17. The van der Waals surface area contributed by atoms with Gasteiger partial charge in [-0.05, 0) is 56.6 Å². The summed E-state index contributed by atoms with van der Waals surface area (Å²) in [6.07, 6.45) is 5.48. The number of aryl methyl sites for hydroxylation is 1. The first-order valence-electron chi connectivity index (χ1n) is 9.01. The van der Waals surface area contributed by atoms with Gasteiger partial charge in [0.05, 0.1) is 5.54 Å². The van der Waals surface area contributed by atoms with Crippen LogP contribution in [0.3, 0.4) is 0 Å². The van der Waals surface area contributed by atoms with Gasteiger partial charge in [-0.2, -0.15) is 5.10 Å². The highest BCUT2D eigenvalue weighted by atomic mass is 15.3. The number of likely N-dealkylation sites (tertiary alicyclic amines) is 1. The Kier molecular flexibility index (Phi) is 4.42. The van der Waals surface area contributed by atoms with Crippen molar-refractivity contribution in [3.05, 3.63) is 60.2 Å². The van der Waals surface area contributed by atoms with Crippen molar-refractivity contribution >= 4 is 5.69 Å². The number of pyridine rings is 1. The second kappa shape index (κ2) is 6.88. The van der Waals surface area contributed by atoms with Crippen molar-refractivity contribution in [1.29, 1.82) is 0 Å². The molecule has 2 N–H and O–H groups in total. The first kappa shape index (κ1) is 16.7. The van der Waals surface area contributed by atoms with Crippen LogP contribution in [0.15, 0.2) is 48.8 Å². The van der Waals surface area contributed by atoms with Crippen LogP contribution in [0, 0.1) is 6.92 Å². The van der Waals surface area contributed by atoms with Crippen LogP contribution in [0.1, 0.15) is 24.2 Å². The van der Waals surface area contributed by atoms with Crippen molar-refractivity contribution in [2.24, 2.45) is 0 Å². The number of nitrogens with one attached hydrogen (secondary N) is 2. The molecule has 26 heavy (non-hydrogen) atoms. The number of hydrogen-bond donors (Lipinski definition) is 2. The molecule has 134 valence electrons. The third-order valence-electron chi connectivity index (χ3n) is 5.12. The number of hydrogen-bond acceptors (Lipinski definition) is 5. The summed E-state index contributed by atoms with van der Waals surface area (Å²) in [5.41, 5.74) is 3.10. The maximum Gasteiger partial charge on any atom is 0.181 e. The van der Waals surface area contributed by atoms with Crippen LogP contribution in [0.2, 0.25) is 0 Å². The van der Waals surface area contributed by atoms with E-state index in [1.165, 1.54) is 5.56 Å². The van der Waals surface area contributed by atoms with E-state index in [1.54, 1.807) is 12.4 Å². The van der Waals surface area contributed by atoms with Gasteiger partial charge in [0.15, 0.2) is 11.6 Å². The second-order valence-electron chi connectivity index (χ2n) is 7.12. The predicted molar refractivity (Wildman–Crippen MR) is 103 cm³/mol. The average Bonchev–Trinajstić information content (AvgIpc) is 3.16. The summed E-state index contributed by atoms with van der Waals surface area (Å²) >= 11 is 0. The van der Waals surface area contributed by atoms with Crippen LogP contribution >= 0.6 is 0 Å². The average molecular weight is 348 g/mol. The zero-order valence-electron chi connectivity index (χ0n) is 15.2. The summed E-state index contributed by atoms with van der Waals surface area (Å²) in [6.45, 7) is 4.15. The van der Waals surface area contributed by atoms with Gasteiger partial charge in [0.1, 0.15) is 0 Å². The molecule has 6 nitrogen and oxygen atoms in total. The summed E-state index contributed by atoms with van der Waals surface area (Å²) in [5.74, 6) is 1.62. The maximum absolute atomic E-state index is 4.84. The van der Waals surface area contributed by atoms with Gasteiger partial charge in [0.2, 0.25) is 0 Å². The SMILES string of the molecule is Cc1cccc(NC2(c3nc(-c4ccncc4)n[nH]3)CCN(C)CC2)c1. The number of anilines is 1. The molecule has 1 aliphatic heterocycles. The molecule has 0 spiro atoms. The fourth-order valence-corrected chi connectivity index (χ4v) is 3.53. The minimum Gasteiger partial charge on any atom is -0.373 e. The van der Waals surface area contributed by atoms with E-state index >= 15 is 0 Å². The number of nitrogens with zero attached hydrogens (tertiary/aromatic N) is 4. The molecule has 1 fully saturated rings. The highest BCUT2D eigenvalue weighted by Crippen LogP contribution is 2.35. The largest absolute Gasteiger partial charge is 0.373 e. The molecule has 1 saturated heterocycles. The van der Waals surface area contributed by atoms with Crippen LogP contribution in [-0.4, -0.2) is 45.2 Å². The van der Waals surface area contributed by atoms with E-state index < -0.39 is 0 Å². The topological polar surface area (TPSA) is 69.7 Å². The Morgan fingerprint density at radius 1 is 1.12 bits per heavy atom. The summed E-state index contributed by atoms with van der Waals surface area (Å²) in [5, 5.41) is 11.4. The van der Waals surface area contributed by atoms with Crippen molar-refractivity contribution in [2.75, 3.05) is 25.5 Å². The molecule has 0 unspecified atom stereocenters. The normalized spacial score (nSPS) is 17.2. The van der Waals surface area contributed by atoms with Crippen molar-refractivity contribution in [3.63, 3.8) is 0 Å². The molecule has 1 aliphatic rings. The molecule has 0 aliphatic carbocycles. The Bertz CT molecular complexity index is 865. The van der Waals surface area contributed by atoms with E-state index in [4.69, 9.17) is 4.98 Å². The van der Waals surface area contributed by atoms with Crippen LogP contribution in [0.4, 0.5) is 5.69 Å². The molecule has 2 aromatic heterocycles. The zero-order valence-corrected chi connectivity index (χ0v) is 15.2. The highest BCUT2D eigenvalue weighted by Gasteiger charge is 2.38. The Morgan fingerprint density at radius 3 is 2.62 bits per heavy atom. The number of piperidine rings is 1. The minimum atomic E-state index is -0.238. The second-order valence-corrected chi connectivity index (χ2v) is 7.12. The molecule has 6 heteroatoms. The lowest BCUT2D eigenvalue weighted by molar-refractivity contribution is 0.199. The van der Waals surface area contributed by atoms with E-state index in [1.807, 2.05) is 12.1 Å². The molecule has 4 rings (SSSR count). The van der Waals surface area contributed by atoms with Gasteiger partial charge in [-0.15, -0.1) is 0 Å². The smallest absolute Gasteiger partial charge is 0.181 e. The van der Waals surface area contributed by atoms with Crippen molar-refractivity contribution in [3.8, 4) is 11.4 Å². The zero-order chi connectivity index (χ0) is 18.0. The molecule has 3 aromatic rings. The molecule has 0 amide bonds. The number of aromatic nitrogens is 4. The fourth-order valence-electron chi connectivity index (χ4n) is 3.53. The maximum atomic E-state index is 4.84. The molecular formula is C20H24N6. The quantitative estimate of drug-likeness (QED) is 0.758. The Balaban J connectivity index is 1.68. The van der Waals surface area contributed by atoms with Gasteiger partial charge >= 0.3 is 0 Å². The van der Waals surface area contributed by atoms with Crippen LogP contribution in [0.25, 0.3) is 11.4 Å². The Hall–Kier alpha value is -2.73. The fraction of sp³-hybridized carbons (Fsp3) is 0.350. The lowest BCUT2D eigenvalue weighted by Crippen LogP contribution is -2.46. The number of benzene rings is 1. The van der Waals surface area contributed by atoms with E-state index in [0.29, 0.717) is 5.82 Å². The van der Waals surface area contributed by atoms with Crippen LogP contribution in [0.5, 0.6) is 0 Å².